The van der Waals surface area contributed by atoms with E-state index in [2.05, 4.69) is 15.0 Å². The lowest BCUT2D eigenvalue weighted by atomic mass is 9.96. The summed E-state index contributed by atoms with van der Waals surface area (Å²) in [4.78, 5) is 24.0. The number of hydrogen-bond donors (Lipinski definition) is 0. The number of amides is 1. The molecule has 1 amide bonds. The monoisotopic (exact) mass is 463 g/mol. The molecule has 1 atom stereocenters. The Labute approximate surface area is 199 Å². The number of piperidine rings is 1. The van der Waals surface area contributed by atoms with Gasteiger partial charge in [-0.1, -0.05) is 41.6 Å². The van der Waals surface area contributed by atoms with Crippen molar-refractivity contribution in [2.45, 2.75) is 26.3 Å². The minimum absolute atomic E-state index is 0.0347. The molecule has 2 aliphatic rings. The maximum atomic E-state index is 14.1. The molecule has 2 saturated heterocycles. The number of carbonyl (C=O) groups is 1. The topological polar surface area (TPSA) is 65.7 Å². The van der Waals surface area contributed by atoms with Gasteiger partial charge in [0.2, 0.25) is 17.6 Å². The Balaban J connectivity index is 1.16. The molecular formula is C26H30FN5O2. The van der Waals surface area contributed by atoms with Crippen molar-refractivity contribution >= 4 is 11.6 Å². The van der Waals surface area contributed by atoms with Crippen LogP contribution in [0.1, 0.15) is 24.3 Å². The summed E-state index contributed by atoms with van der Waals surface area (Å²) < 4.78 is 19.6. The molecule has 0 aliphatic carbocycles. The summed E-state index contributed by atoms with van der Waals surface area (Å²) in [6.45, 7) is 6.70. The lowest BCUT2D eigenvalue weighted by Crippen LogP contribution is -2.52. The van der Waals surface area contributed by atoms with Crippen LogP contribution in [-0.2, 0) is 11.3 Å². The lowest BCUT2D eigenvalue weighted by molar-refractivity contribution is -0.137. The first kappa shape index (κ1) is 22.5. The van der Waals surface area contributed by atoms with Crippen LogP contribution in [0.15, 0.2) is 53.1 Å². The van der Waals surface area contributed by atoms with Gasteiger partial charge in [0.25, 0.3) is 0 Å². The summed E-state index contributed by atoms with van der Waals surface area (Å²) >= 11 is 0. The van der Waals surface area contributed by atoms with Gasteiger partial charge in [0.05, 0.1) is 18.2 Å². The number of piperazine rings is 1. The van der Waals surface area contributed by atoms with Gasteiger partial charge >= 0.3 is 0 Å². The number of halogens is 1. The van der Waals surface area contributed by atoms with E-state index in [0.717, 1.165) is 30.5 Å². The van der Waals surface area contributed by atoms with Crippen LogP contribution >= 0.6 is 0 Å². The molecule has 7 nitrogen and oxygen atoms in total. The number of aryl methyl sites for hydroxylation is 1. The van der Waals surface area contributed by atoms with E-state index in [4.69, 9.17) is 4.52 Å². The summed E-state index contributed by atoms with van der Waals surface area (Å²) in [6.07, 6.45) is 1.85. The second-order valence-corrected chi connectivity index (χ2v) is 9.16. The van der Waals surface area contributed by atoms with Gasteiger partial charge in [0.1, 0.15) is 5.82 Å². The fourth-order valence-corrected chi connectivity index (χ4v) is 4.98. The van der Waals surface area contributed by atoms with E-state index in [0.29, 0.717) is 56.7 Å². The minimum Gasteiger partial charge on any atom is -0.366 e. The Bertz CT molecular complexity index is 1140. The standard InChI is InChI=1S/C26H30FN5O2/c1-19-7-2-3-9-21(19)25-28-24(34-29-25)18-30-12-6-8-20(17-30)26(33)32-15-13-31(14-16-32)23-11-5-4-10-22(23)27/h2-5,7,9-11,20H,6,8,12-18H2,1H3. The van der Waals surface area contributed by atoms with E-state index < -0.39 is 0 Å². The molecule has 2 fully saturated rings. The van der Waals surface area contributed by atoms with Gasteiger partial charge in [-0.3, -0.25) is 9.69 Å². The highest BCUT2D eigenvalue weighted by molar-refractivity contribution is 5.79. The van der Waals surface area contributed by atoms with Crippen LogP contribution in [0, 0.1) is 18.7 Å². The van der Waals surface area contributed by atoms with Crippen LogP contribution in [0.25, 0.3) is 11.4 Å². The number of likely N-dealkylation sites (tertiary alicyclic amines) is 1. The molecule has 0 spiro atoms. The van der Waals surface area contributed by atoms with Gasteiger partial charge < -0.3 is 14.3 Å². The van der Waals surface area contributed by atoms with E-state index in [9.17, 15) is 9.18 Å². The van der Waals surface area contributed by atoms with E-state index >= 15 is 0 Å². The Morgan fingerprint density at radius 2 is 1.82 bits per heavy atom. The summed E-state index contributed by atoms with van der Waals surface area (Å²) in [5.41, 5.74) is 2.69. The molecular weight excluding hydrogens is 433 g/mol. The molecule has 3 heterocycles. The Morgan fingerprint density at radius 3 is 2.62 bits per heavy atom. The van der Waals surface area contributed by atoms with Gasteiger partial charge in [-0.15, -0.1) is 0 Å². The van der Waals surface area contributed by atoms with E-state index in [1.807, 2.05) is 47.1 Å². The first-order chi connectivity index (χ1) is 16.6. The van der Waals surface area contributed by atoms with Gasteiger partial charge in [-0.05, 0) is 44.0 Å². The molecule has 0 bridgehead atoms. The molecule has 8 heteroatoms. The van der Waals surface area contributed by atoms with Gasteiger partial charge in [0.15, 0.2) is 0 Å². The third kappa shape index (κ3) is 4.82. The molecule has 3 aromatic rings. The first-order valence-corrected chi connectivity index (χ1v) is 12.0. The molecule has 0 saturated carbocycles. The Morgan fingerprint density at radius 1 is 1.06 bits per heavy atom. The highest BCUT2D eigenvalue weighted by Gasteiger charge is 2.32. The zero-order chi connectivity index (χ0) is 23.5. The normalized spacial score (nSPS) is 19.4. The third-order valence-corrected chi connectivity index (χ3v) is 6.85. The van der Waals surface area contributed by atoms with Crippen LogP contribution in [0.2, 0.25) is 0 Å². The predicted molar refractivity (Wildman–Crippen MR) is 128 cm³/mol. The first-order valence-electron chi connectivity index (χ1n) is 12.0. The van der Waals surface area contributed by atoms with E-state index in [1.165, 1.54) is 6.07 Å². The van der Waals surface area contributed by atoms with Crippen molar-refractivity contribution in [1.29, 1.82) is 0 Å². The van der Waals surface area contributed by atoms with Crippen molar-refractivity contribution in [2.24, 2.45) is 5.92 Å². The molecule has 34 heavy (non-hydrogen) atoms. The largest absolute Gasteiger partial charge is 0.366 e. The van der Waals surface area contributed by atoms with Crippen LogP contribution < -0.4 is 4.90 Å². The highest BCUT2D eigenvalue weighted by Crippen LogP contribution is 2.25. The zero-order valence-electron chi connectivity index (χ0n) is 19.5. The van der Waals surface area contributed by atoms with Crippen LogP contribution in [0.5, 0.6) is 0 Å². The maximum absolute atomic E-state index is 14.1. The summed E-state index contributed by atoms with van der Waals surface area (Å²) in [7, 11) is 0. The van der Waals surface area contributed by atoms with Crippen molar-refractivity contribution in [3.05, 3.63) is 65.8 Å². The van der Waals surface area contributed by atoms with Crippen LogP contribution in [0.3, 0.4) is 0 Å². The molecule has 2 aromatic carbocycles. The summed E-state index contributed by atoms with van der Waals surface area (Å²) in [5.74, 6) is 1.13. The van der Waals surface area contributed by atoms with Crippen molar-refractivity contribution < 1.29 is 13.7 Å². The fourth-order valence-electron chi connectivity index (χ4n) is 4.98. The van der Waals surface area contributed by atoms with Crippen LogP contribution in [-0.4, -0.2) is 65.1 Å². The predicted octanol–water partition coefficient (Wildman–Crippen LogP) is 3.74. The molecule has 5 rings (SSSR count). The molecule has 0 N–H and O–H groups in total. The fraction of sp³-hybridized carbons (Fsp3) is 0.423. The van der Waals surface area contributed by atoms with Crippen molar-refractivity contribution in [3.63, 3.8) is 0 Å². The number of aromatic nitrogens is 2. The Hall–Kier alpha value is -3.26. The minimum atomic E-state index is -0.211. The van der Waals surface area contributed by atoms with E-state index in [1.54, 1.807) is 12.1 Å². The number of carbonyl (C=O) groups excluding carboxylic acids is 1. The second kappa shape index (κ2) is 9.93. The molecule has 0 radical (unpaired) electrons. The molecule has 1 aromatic heterocycles. The van der Waals surface area contributed by atoms with Crippen molar-refractivity contribution in [1.82, 2.24) is 19.9 Å². The van der Waals surface area contributed by atoms with Crippen molar-refractivity contribution in [2.75, 3.05) is 44.2 Å². The van der Waals surface area contributed by atoms with E-state index in [-0.39, 0.29) is 17.6 Å². The molecule has 1 unspecified atom stereocenters. The summed E-state index contributed by atoms with van der Waals surface area (Å²) in [5, 5.41) is 4.16. The highest BCUT2D eigenvalue weighted by atomic mass is 19.1. The SMILES string of the molecule is Cc1ccccc1-c1noc(CN2CCCC(C(=O)N3CCN(c4ccccc4F)CC3)C2)n1. The number of para-hydroxylation sites is 1. The smallest absolute Gasteiger partial charge is 0.241 e. The maximum Gasteiger partial charge on any atom is 0.241 e. The number of hydrogen-bond acceptors (Lipinski definition) is 6. The van der Waals surface area contributed by atoms with Gasteiger partial charge in [0, 0.05) is 38.3 Å². The Kier molecular flexibility index (Phi) is 6.58. The average Bonchev–Trinajstić information content (AvgIpc) is 3.32. The van der Waals surface area contributed by atoms with Gasteiger partial charge in [-0.25, -0.2) is 4.39 Å². The number of benzene rings is 2. The zero-order valence-corrected chi connectivity index (χ0v) is 19.5. The molecule has 2 aliphatic heterocycles. The third-order valence-electron chi connectivity index (χ3n) is 6.85. The lowest BCUT2D eigenvalue weighted by Gasteiger charge is -2.39. The second-order valence-electron chi connectivity index (χ2n) is 9.16. The van der Waals surface area contributed by atoms with Crippen molar-refractivity contribution in [3.8, 4) is 11.4 Å². The van der Waals surface area contributed by atoms with Crippen LogP contribution in [0.4, 0.5) is 10.1 Å². The number of anilines is 1. The number of nitrogens with zero attached hydrogens (tertiary/aromatic N) is 5. The molecule has 178 valence electrons. The number of rotatable bonds is 5. The summed E-state index contributed by atoms with van der Waals surface area (Å²) in [6, 6.07) is 14.8. The van der Waals surface area contributed by atoms with Gasteiger partial charge in [-0.2, -0.15) is 4.98 Å². The quantitative estimate of drug-likeness (QED) is 0.574. The average molecular weight is 464 g/mol.